The average molecular weight is 181 g/mol. The van der Waals surface area contributed by atoms with E-state index in [-0.39, 0.29) is 0 Å². The highest BCUT2D eigenvalue weighted by Crippen LogP contribution is 2.22. The zero-order chi connectivity index (χ0) is 8.81. The quantitative estimate of drug-likeness (QED) is 0.514. The Hall–Kier alpha value is -1.13. The first-order chi connectivity index (χ1) is 5.84. The standard InChI is InChI=1S/C10H9ClO/c1-2-3-8-12-10-7-5-4-6-9(10)11/h1,4-7H,3,8H2. The van der Waals surface area contributed by atoms with Gasteiger partial charge in [-0.05, 0) is 12.1 Å². The summed E-state index contributed by atoms with van der Waals surface area (Å²) in [4.78, 5) is 0. The van der Waals surface area contributed by atoms with Crippen molar-refractivity contribution in [3.05, 3.63) is 29.3 Å². The molecule has 0 heterocycles. The van der Waals surface area contributed by atoms with Crippen LogP contribution in [0.1, 0.15) is 6.42 Å². The molecule has 1 aromatic rings. The van der Waals surface area contributed by atoms with Crippen LogP contribution in [0, 0.1) is 12.3 Å². The predicted molar refractivity (Wildman–Crippen MR) is 50.4 cm³/mol. The van der Waals surface area contributed by atoms with E-state index in [1.54, 1.807) is 6.07 Å². The summed E-state index contributed by atoms with van der Waals surface area (Å²) in [7, 11) is 0. The fourth-order valence-corrected chi connectivity index (χ4v) is 0.972. The Kier molecular flexibility index (Phi) is 3.50. The highest BCUT2D eigenvalue weighted by atomic mass is 35.5. The largest absolute Gasteiger partial charge is 0.491 e. The molecule has 12 heavy (non-hydrogen) atoms. The molecule has 0 aromatic heterocycles. The van der Waals surface area contributed by atoms with Crippen LogP contribution < -0.4 is 4.74 Å². The van der Waals surface area contributed by atoms with Crippen molar-refractivity contribution in [3.63, 3.8) is 0 Å². The highest BCUT2D eigenvalue weighted by Gasteiger charge is 1.97. The van der Waals surface area contributed by atoms with Gasteiger partial charge in [-0.3, -0.25) is 0 Å². The normalized spacial score (nSPS) is 9.00. The molecular weight excluding hydrogens is 172 g/mol. The number of ether oxygens (including phenoxy) is 1. The maximum atomic E-state index is 5.83. The summed E-state index contributed by atoms with van der Waals surface area (Å²) < 4.78 is 5.30. The fraction of sp³-hybridized carbons (Fsp3) is 0.200. The molecule has 0 fully saturated rings. The van der Waals surface area contributed by atoms with E-state index in [0.717, 1.165) is 0 Å². The van der Waals surface area contributed by atoms with Gasteiger partial charge in [0, 0.05) is 6.42 Å². The van der Waals surface area contributed by atoms with Gasteiger partial charge in [0.15, 0.2) is 0 Å². The van der Waals surface area contributed by atoms with Gasteiger partial charge >= 0.3 is 0 Å². The van der Waals surface area contributed by atoms with Crippen molar-refractivity contribution in [2.75, 3.05) is 6.61 Å². The molecule has 1 aromatic carbocycles. The molecule has 0 radical (unpaired) electrons. The lowest BCUT2D eigenvalue weighted by atomic mass is 10.3. The van der Waals surface area contributed by atoms with Gasteiger partial charge in [0.05, 0.1) is 11.6 Å². The van der Waals surface area contributed by atoms with Gasteiger partial charge in [-0.2, -0.15) is 0 Å². The summed E-state index contributed by atoms with van der Waals surface area (Å²) in [5, 5.41) is 0.620. The van der Waals surface area contributed by atoms with Crippen molar-refractivity contribution in [1.29, 1.82) is 0 Å². The minimum Gasteiger partial charge on any atom is -0.491 e. The van der Waals surface area contributed by atoms with E-state index >= 15 is 0 Å². The first-order valence-electron chi connectivity index (χ1n) is 3.65. The van der Waals surface area contributed by atoms with Crippen molar-refractivity contribution >= 4 is 11.6 Å². The van der Waals surface area contributed by atoms with Crippen molar-refractivity contribution in [3.8, 4) is 18.1 Å². The predicted octanol–water partition coefficient (Wildman–Crippen LogP) is 2.74. The van der Waals surface area contributed by atoms with E-state index in [2.05, 4.69) is 5.92 Å². The van der Waals surface area contributed by atoms with Crippen LogP contribution in [0.25, 0.3) is 0 Å². The summed E-state index contributed by atoms with van der Waals surface area (Å²) in [6.07, 6.45) is 5.67. The molecule has 0 aliphatic heterocycles. The lowest BCUT2D eigenvalue weighted by molar-refractivity contribution is 0.327. The van der Waals surface area contributed by atoms with Gasteiger partial charge < -0.3 is 4.74 Å². The van der Waals surface area contributed by atoms with Gasteiger partial charge in [0.25, 0.3) is 0 Å². The first-order valence-corrected chi connectivity index (χ1v) is 4.03. The molecule has 1 rings (SSSR count). The molecule has 0 aliphatic rings. The molecule has 1 nitrogen and oxygen atoms in total. The molecule has 0 unspecified atom stereocenters. The maximum absolute atomic E-state index is 5.83. The zero-order valence-corrected chi connectivity index (χ0v) is 7.34. The lowest BCUT2D eigenvalue weighted by Crippen LogP contribution is -1.95. The van der Waals surface area contributed by atoms with Crippen LogP contribution in [0.5, 0.6) is 5.75 Å². The number of halogens is 1. The Morgan fingerprint density at radius 3 is 2.83 bits per heavy atom. The van der Waals surface area contributed by atoms with E-state index < -0.39 is 0 Å². The lowest BCUT2D eigenvalue weighted by Gasteiger charge is -2.04. The Balaban J connectivity index is 2.53. The summed E-state index contributed by atoms with van der Waals surface area (Å²) in [6.45, 7) is 0.514. The van der Waals surface area contributed by atoms with Crippen LogP contribution >= 0.6 is 11.6 Å². The SMILES string of the molecule is C#CCCOc1ccccc1Cl. The highest BCUT2D eigenvalue weighted by molar-refractivity contribution is 6.32. The summed E-state index contributed by atoms with van der Waals surface area (Å²) in [6, 6.07) is 7.33. The minimum absolute atomic E-state index is 0.514. The van der Waals surface area contributed by atoms with Gasteiger partial charge in [0.2, 0.25) is 0 Å². The minimum atomic E-state index is 0.514. The third kappa shape index (κ3) is 2.48. The van der Waals surface area contributed by atoms with E-state index in [1.807, 2.05) is 18.2 Å². The molecule has 0 spiro atoms. The molecule has 0 N–H and O–H groups in total. The third-order valence-electron chi connectivity index (χ3n) is 1.34. The average Bonchev–Trinajstić information content (AvgIpc) is 2.09. The molecule has 0 aliphatic carbocycles. The molecule has 2 heteroatoms. The smallest absolute Gasteiger partial charge is 0.137 e. The number of rotatable bonds is 3. The van der Waals surface area contributed by atoms with Gasteiger partial charge in [-0.25, -0.2) is 0 Å². The number of benzene rings is 1. The molecule has 62 valence electrons. The van der Waals surface area contributed by atoms with Gasteiger partial charge in [-0.15, -0.1) is 12.3 Å². The van der Waals surface area contributed by atoms with Crippen molar-refractivity contribution < 1.29 is 4.74 Å². The summed E-state index contributed by atoms with van der Waals surface area (Å²) >= 11 is 5.83. The van der Waals surface area contributed by atoms with Gasteiger partial charge in [-0.1, -0.05) is 23.7 Å². The van der Waals surface area contributed by atoms with Crippen molar-refractivity contribution in [1.82, 2.24) is 0 Å². The van der Waals surface area contributed by atoms with Crippen LogP contribution in [0.3, 0.4) is 0 Å². The Bertz CT molecular complexity index is 288. The van der Waals surface area contributed by atoms with E-state index in [0.29, 0.717) is 23.8 Å². The Morgan fingerprint density at radius 2 is 2.17 bits per heavy atom. The van der Waals surface area contributed by atoms with Crippen LogP contribution in [-0.4, -0.2) is 6.61 Å². The number of para-hydroxylation sites is 1. The monoisotopic (exact) mass is 180 g/mol. The second-order valence-corrected chi connectivity index (χ2v) is 2.64. The Morgan fingerprint density at radius 1 is 1.42 bits per heavy atom. The molecule has 0 atom stereocenters. The van der Waals surface area contributed by atoms with Gasteiger partial charge in [0.1, 0.15) is 5.75 Å². The summed E-state index contributed by atoms with van der Waals surface area (Å²) in [5.41, 5.74) is 0. The fourth-order valence-electron chi connectivity index (χ4n) is 0.782. The molecular formula is C10H9ClO. The Labute approximate surface area is 77.3 Å². The number of terminal acetylenes is 1. The topological polar surface area (TPSA) is 9.23 Å². The molecule has 0 saturated heterocycles. The summed E-state index contributed by atoms with van der Waals surface area (Å²) in [5.74, 6) is 3.18. The second kappa shape index (κ2) is 4.69. The molecule has 0 saturated carbocycles. The molecule has 0 amide bonds. The zero-order valence-electron chi connectivity index (χ0n) is 6.59. The van der Waals surface area contributed by atoms with Crippen LogP contribution in [0.4, 0.5) is 0 Å². The molecule has 0 bridgehead atoms. The van der Waals surface area contributed by atoms with Crippen LogP contribution in [0.15, 0.2) is 24.3 Å². The van der Waals surface area contributed by atoms with E-state index in [4.69, 9.17) is 22.8 Å². The van der Waals surface area contributed by atoms with Crippen LogP contribution in [0.2, 0.25) is 5.02 Å². The van der Waals surface area contributed by atoms with Crippen molar-refractivity contribution in [2.45, 2.75) is 6.42 Å². The third-order valence-corrected chi connectivity index (χ3v) is 1.65. The second-order valence-electron chi connectivity index (χ2n) is 2.23. The first kappa shape index (κ1) is 8.96. The number of hydrogen-bond acceptors (Lipinski definition) is 1. The number of hydrogen-bond donors (Lipinski definition) is 0. The maximum Gasteiger partial charge on any atom is 0.137 e. The van der Waals surface area contributed by atoms with E-state index in [1.165, 1.54) is 0 Å². The van der Waals surface area contributed by atoms with Crippen LogP contribution in [-0.2, 0) is 0 Å². The van der Waals surface area contributed by atoms with Crippen molar-refractivity contribution in [2.24, 2.45) is 0 Å². The van der Waals surface area contributed by atoms with E-state index in [9.17, 15) is 0 Å².